The van der Waals surface area contributed by atoms with E-state index in [1.807, 2.05) is 0 Å². The van der Waals surface area contributed by atoms with E-state index in [1.165, 1.54) is 30.6 Å². The molecule has 1 aromatic carbocycles. The number of hydrogen-bond acceptors (Lipinski definition) is 1. The number of nitrogens with zero attached hydrogens (tertiary/aromatic N) is 1. The van der Waals surface area contributed by atoms with Crippen LogP contribution in [0.5, 0.6) is 0 Å². The molecule has 18 heavy (non-hydrogen) atoms. The van der Waals surface area contributed by atoms with Gasteiger partial charge in [-0.2, -0.15) is 0 Å². The second-order valence-corrected chi connectivity index (χ2v) is 6.94. The minimum absolute atomic E-state index is 0.376. The van der Waals surface area contributed by atoms with E-state index in [0.717, 1.165) is 5.92 Å². The van der Waals surface area contributed by atoms with Gasteiger partial charge in [0, 0.05) is 12.6 Å². The average Bonchev–Trinajstić information content (AvgIpc) is 2.75. The SMILES string of the molecule is Cc1cccc(C2CCN(C(C)C(C)(C)C)C2)c1. The first-order valence-corrected chi connectivity index (χ1v) is 7.18. The summed E-state index contributed by atoms with van der Waals surface area (Å²) in [7, 11) is 0. The highest BCUT2D eigenvalue weighted by atomic mass is 15.2. The molecule has 1 saturated heterocycles. The second kappa shape index (κ2) is 5.05. The van der Waals surface area contributed by atoms with Crippen molar-refractivity contribution in [2.45, 2.75) is 53.0 Å². The van der Waals surface area contributed by atoms with Gasteiger partial charge in [-0.15, -0.1) is 0 Å². The predicted molar refractivity (Wildman–Crippen MR) is 79.0 cm³/mol. The van der Waals surface area contributed by atoms with Crippen LogP contribution in [0.25, 0.3) is 0 Å². The predicted octanol–water partition coefficient (Wildman–Crippen LogP) is 4.22. The van der Waals surface area contributed by atoms with Gasteiger partial charge in [-0.1, -0.05) is 50.6 Å². The molecule has 1 fully saturated rings. The summed E-state index contributed by atoms with van der Waals surface area (Å²) in [5.41, 5.74) is 3.29. The van der Waals surface area contributed by atoms with Gasteiger partial charge in [0.1, 0.15) is 0 Å². The molecule has 2 unspecified atom stereocenters. The minimum atomic E-state index is 0.376. The summed E-state index contributed by atoms with van der Waals surface area (Å²) in [5.74, 6) is 0.731. The van der Waals surface area contributed by atoms with E-state index in [1.54, 1.807) is 0 Å². The van der Waals surface area contributed by atoms with E-state index in [-0.39, 0.29) is 0 Å². The number of aryl methyl sites for hydroxylation is 1. The van der Waals surface area contributed by atoms with Gasteiger partial charge >= 0.3 is 0 Å². The van der Waals surface area contributed by atoms with Crippen molar-refractivity contribution in [3.05, 3.63) is 35.4 Å². The van der Waals surface area contributed by atoms with Gasteiger partial charge in [-0.3, -0.25) is 4.90 Å². The molecule has 1 aliphatic rings. The lowest BCUT2D eigenvalue weighted by molar-refractivity contribution is 0.138. The summed E-state index contributed by atoms with van der Waals surface area (Å²) in [5, 5.41) is 0. The summed E-state index contributed by atoms with van der Waals surface area (Å²) in [6.45, 7) is 14.1. The number of benzene rings is 1. The summed E-state index contributed by atoms with van der Waals surface area (Å²) in [4.78, 5) is 2.66. The van der Waals surface area contributed by atoms with Gasteiger partial charge in [0.15, 0.2) is 0 Å². The van der Waals surface area contributed by atoms with Gasteiger partial charge in [0.2, 0.25) is 0 Å². The largest absolute Gasteiger partial charge is 0.300 e. The lowest BCUT2D eigenvalue weighted by Gasteiger charge is -2.35. The smallest absolute Gasteiger partial charge is 0.0116 e. The Morgan fingerprint density at radius 1 is 1.28 bits per heavy atom. The monoisotopic (exact) mass is 245 g/mol. The first-order valence-electron chi connectivity index (χ1n) is 7.18. The normalized spacial score (nSPS) is 23.3. The van der Waals surface area contributed by atoms with Crippen molar-refractivity contribution in [2.24, 2.45) is 5.41 Å². The van der Waals surface area contributed by atoms with Crippen LogP contribution in [-0.4, -0.2) is 24.0 Å². The zero-order valence-corrected chi connectivity index (χ0v) is 12.5. The molecule has 0 radical (unpaired) electrons. The molecular weight excluding hydrogens is 218 g/mol. The fourth-order valence-electron chi connectivity index (χ4n) is 2.88. The second-order valence-electron chi connectivity index (χ2n) is 6.94. The van der Waals surface area contributed by atoms with Crippen molar-refractivity contribution >= 4 is 0 Å². The third-order valence-electron chi connectivity index (χ3n) is 4.53. The summed E-state index contributed by atoms with van der Waals surface area (Å²) >= 11 is 0. The topological polar surface area (TPSA) is 3.24 Å². The fraction of sp³-hybridized carbons (Fsp3) is 0.647. The molecule has 1 aliphatic heterocycles. The molecule has 0 aromatic heterocycles. The maximum Gasteiger partial charge on any atom is 0.0116 e. The summed E-state index contributed by atoms with van der Waals surface area (Å²) < 4.78 is 0. The lowest BCUT2D eigenvalue weighted by Crippen LogP contribution is -2.40. The molecule has 1 heterocycles. The van der Waals surface area contributed by atoms with E-state index in [0.29, 0.717) is 11.5 Å². The molecule has 100 valence electrons. The van der Waals surface area contributed by atoms with E-state index in [4.69, 9.17) is 0 Å². The van der Waals surface area contributed by atoms with Crippen molar-refractivity contribution in [3.8, 4) is 0 Å². The molecule has 0 aliphatic carbocycles. The van der Waals surface area contributed by atoms with Gasteiger partial charge in [-0.25, -0.2) is 0 Å². The van der Waals surface area contributed by atoms with Crippen LogP contribution >= 0.6 is 0 Å². The van der Waals surface area contributed by atoms with Crippen LogP contribution in [0.3, 0.4) is 0 Å². The maximum atomic E-state index is 2.66. The molecule has 1 nitrogen and oxygen atoms in total. The van der Waals surface area contributed by atoms with Crippen molar-refractivity contribution in [2.75, 3.05) is 13.1 Å². The minimum Gasteiger partial charge on any atom is -0.300 e. The Hall–Kier alpha value is -0.820. The Bertz CT molecular complexity index is 402. The highest BCUT2D eigenvalue weighted by molar-refractivity contribution is 5.26. The molecule has 2 atom stereocenters. The molecule has 1 heteroatoms. The summed E-state index contributed by atoms with van der Waals surface area (Å²) in [6, 6.07) is 9.69. The number of rotatable bonds is 2. The van der Waals surface area contributed by atoms with Crippen LogP contribution < -0.4 is 0 Å². The molecule has 0 amide bonds. The molecular formula is C17H27N. The Kier molecular flexibility index (Phi) is 3.82. The molecule has 0 saturated carbocycles. The Labute approximate surface area is 112 Å². The van der Waals surface area contributed by atoms with Crippen LogP contribution in [-0.2, 0) is 0 Å². The van der Waals surface area contributed by atoms with E-state index < -0.39 is 0 Å². The first-order chi connectivity index (χ1) is 8.38. The van der Waals surface area contributed by atoms with Crippen LogP contribution in [0.4, 0.5) is 0 Å². The van der Waals surface area contributed by atoms with E-state index in [2.05, 4.69) is 63.8 Å². The van der Waals surface area contributed by atoms with Crippen LogP contribution in [0, 0.1) is 12.3 Å². The zero-order chi connectivity index (χ0) is 13.3. The molecule has 2 rings (SSSR count). The lowest BCUT2D eigenvalue weighted by atomic mass is 9.87. The fourth-order valence-corrected chi connectivity index (χ4v) is 2.88. The standard InChI is InChI=1S/C17H27N/c1-13-7-6-8-15(11-13)16-9-10-18(12-16)14(2)17(3,4)5/h6-8,11,14,16H,9-10,12H2,1-5H3. The molecule has 0 bridgehead atoms. The molecule has 1 aromatic rings. The first kappa shape index (κ1) is 13.6. The van der Waals surface area contributed by atoms with Crippen molar-refractivity contribution in [1.29, 1.82) is 0 Å². The number of likely N-dealkylation sites (tertiary alicyclic amines) is 1. The number of hydrogen-bond donors (Lipinski definition) is 0. The third kappa shape index (κ3) is 2.95. The van der Waals surface area contributed by atoms with Gasteiger partial charge in [0.05, 0.1) is 0 Å². The van der Waals surface area contributed by atoms with Crippen molar-refractivity contribution in [3.63, 3.8) is 0 Å². The Morgan fingerprint density at radius 3 is 2.61 bits per heavy atom. The zero-order valence-electron chi connectivity index (χ0n) is 12.5. The van der Waals surface area contributed by atoms with Crippen LogP contribution in [0.2, 0.25) is 0 Å². The molecule has 0 N–H and O–H groups in total. The summed E-state index contributed by atoms with van der Waals surface area (Å²) in [6.07, 6.45) is 1.31. The van der Waals surface area contributed by atoms with Gasteiger partial charge in [-0.05, 0) is 43.7 Å². The van der Waals surface area contributed by atoms with E-state index >= 15 is 0 Å². The molecule has 0 spiro atoms. The quantitative estimate of drug-likeness (QED) is 0.754. The average molecular weight is 245 g/mol. The Morgan fingerprint density at radius 2 is 2.00 bits per heavy atom. The Balaban J connectivity index is 2.05. The maximum absolute atomic E-state index is 2.66. The van der Waals surface area contributed by atoms with Crippen LogP contribution in [0.15, 0.2) is 24.3 Å². The van der Waals surface area contributed by atoms with Crippen molar-refractivity contribution < 1.29 is 0 Å². The van der Waals surface area contributed by atoms with Gasteiger partial charge in [0.25, 0.3) is 0 Å². The van der Waals surface area contributed by atoms with E-state index in [9.17, 15) is 0 Å². The highest BCUT2D eigenvalue weighted by Gasteiger charge is 2.32. The third-order valence-corrected chi connectivity index (χ3v) is 4.53. The van der Waals surface area contributed by atoms with Gasteiger partial charge < -0.3 is 0 Å². The van der Waals surface area contributed by atoms with Crippen molar-refractivity contribution in [1.82, 2.24) is 4.90 Å². The highest BCUT2D eigenvalue weighted by Crippen LogP contribution is 2.33. The van der Waals surface area contributed by atoms with Crippen LogP contribution in [0.1, 0.15) is 51.2 Å².